The van der Waals surface area contributed by atoms with E-state index in [1.54, 1.807) is 34.9 Å². The van der Waals surface area contributed by atoms with Gasteiger partial charge in [0.1, 0.15) is 23.7 Å². The lowest BCUT2D eigenvalue weighted by atomic mass is 9.98. The Labute approximate surface area is 336 Å². The third-order valence-electron chi connectivity index (χ3n) is 10.9. The van der Waals surface area contributed by atoms with Crippen molar-refractivity contribution < 1.29 is 45.5 Å². The molecule has 4 amide bonds. The highest BCUT2D eigenvalue weighted by atomic mass is 19.3. The maximum absolute atomic E-state index is 15.4. The van der Waals surface area contributed by atoms with Crippen LogP contribution in [0.3, 0.4) is 0 Å². The van der Waals surface area contributed by atoms with Crippen molar-refractivity contribution in [2.75, 3.05) is 40.3 Å². The van der Waals surface area contributed by atoms with E-state index >= 15 is 17.6 Å². The molecular weight excluding hydrogens is 784 g/mol. The van der Waals surface area contributed by atoms with Crippen molar-refractivity contribution in [3.8, 4) is 11.5 Å². The number of hydrogen-bond donors (Lipinski definition) is 5. The number of halogens is 6. The third-order valence-corrected chi connectivity index (χ3v) is 10.9. The van der Waals surface area contributed by atoms with E-state index in [-0.39, 0.29) is 55.0 Å². The van der Waals surface area contributed by atoms with Crippen LogP contribution in [0.5, 0.6) is 0 Å². The van der Waals surface area contributed by atoms with Crippen LogP contribution in [0.2, 0.25) is 0 Å². The van der Waals surface area contributed by atoms with Crippen LogP contribution in [0.1, 0.15) is 45.6 Å². The molecule has 0 spiro atoms. The van der Waals surface area contributed by atoms with Gasteiger partial charge >= 0.3 is 0 Å². The second kappa shape index (κ2) is 17.2. The molecule has 59 heavy (non-hydrogen) atoms. The summed E-state index contributed by atoms with van der Waals surface area (Å²) in [4.78, 5) is 62.7. The normalized spacial score (nSPS) is 19.8. The second-order valence-electron chi connectivity index (χ2n) is 15.8. The minimum Gasteiger partial charge on any atom is -0.352 e. The van der Waals surface area contributed by atoms with E-state index in [1.165, 1.54) is 28.8 Å². The molecule has 2 saturated heterocycles. The number of fused-ring (bicyclic) bond motifs is 2. The molecule has 2 aromatic carbocycles. The number of nitrogens with zero attached hydrogens (tertiary/aromatic N) is 4. The van der Waals surface area contributed by atoms with Crippen LogP contribution in [0.25, 0.3) is 33.5 Å². The van der Waals surface area contributed by atoms with E-state index in [2.05, 4.69) is 26.3 Å². The largest absolute Gasteiger partial charge is 0.352 e. The topological polar surface area (TPSA) is 156 Å². The van der Waals surface area contributed by atoms with Gasteiger partial charge in [-0.3, -0.25) is 19.2 Å². The maximum atomic E-state index is 15.4. The molecule has 6 rings (SSSR count). The van der Waals surface area contributed by atoms with E-state index in [4.69, 9.17) is 4.98 Å². The summed E-state index contributed by atoms with van der Waals surface area (Å²) < 4.78 is 92.3. The zero-order valence-corrected chi connectivity index (χ0v) is 33.4. The van der Waals surface area contributed by atoms with Crippen LogP contribution in [-0.4, -0.2) is 124 Å². The van der Waals surface area contributed by atoms with Crippen molar-refractivity contribution >= 4 is 45.6 Å². The molecule has 13 nitrogen and oxygen atoms in total. The Morgan fingerprint density at radius 3 is 2.07 bits per heavy atom. The highest BCUT2D eigenvalue weighted by Crippen LogP contribution is 2.40. The molecule has 0 bridgehead atoms. The molecule has 2 aliphatic heterocycles. The number of amides is 4. The van der Waals surface area contributed by atoms with E-state index < -0.39 is 103 Å². The van der Waals surface area contributed by atoms with Crippen molar-refractivity contribution in [2.24, 2.45) is 5.92 Å². The summed E-state index contributed by atoms with van der Waals surface area (Å²) in [6, 6.07) is 3.04. The number of hydrogen-bond acceptors (Lipinski definition) is 7. The molecule has 2 aliphatic rings. The van der Waals surface area contributed by atoms with Gasteiger partial charge in [-0.2, -0.15) is 0 Å². The first-order valence-electron chi connectivity index (χ1n) is 19.6. The van der Waals surface area contributed by atoms with Crippen LogP contribution in [0.4, 0.5) is 26.3 Å². The summed E-state index contributed by atoms with van der Waals surface area (Å²) in [5, 5.41) is 11.0. The number of H-pyrrole nitrogens is 1. The van der Waals surface area contributed by atoms with Gasteiger partial charge in [-0.05, 0) is 68.8 Å². The minimum absolute atomic E-state index is 0.0659. The molecule has 4 heterocycles. The first-order valence-corrected chi connectivity index (χ1v) is 19.6. The fourth-order valence-electron chi connectivity index (χ4n) is 8.23. The number of likely N-dealkylation sites (tertiary alicyclic amines) is 2. The lowest BCUT2D eigenvalue weighted by molar-refractivity contribution is -0.139. The molecular formula is C40H49F6N9O4. The fourth-order valence-corrected chi connectivity index (χ4v) is 8.23. The van der Waals surface area contributed by atoms with Crippen LogP contribution in [0.15, 0.2) is 36.4 Å². The molecule has 0 aliphatic carbocycles. The zero-order valence-electron chi connectivity index (χ0n) is 33.4. The Morgan fingerprint density at radius 1 is 0.847 bits per heavy atom. The average Bonchev–Trinajstić information content (AvgIpc) is 3.88. The number of nitrogens with one attached hydrogen (secondary N) is 5. The molecule has 0 radical (unpaired) electrons. The summed E-state index contributed by atoms with van der Waals surface area (Å²) in [6.45, 7) is 2.68. The number of aromatic nitrogens is 3. The highest BCUT2D eigenvalue weighted by Gasteiger charge is 2.50. The molecule has 2 fully saturated rings. The number of aromatic amines is 1. The van der Waals surface area contributed by atoms with Gasteiger partial charge in [-0.25, -0.2) is 31.3 Å². The Bertz CT molecular complexity index is 2230. The molecule has 4 aromatic rings. The van der Waals surface area contributed by atoms with Gasteiger partial charge < -0.3 is 40.6 Å². The van der Waals surface area contributed by atoms with E-state index in [0.717, 1.165) is 21.9 Å². The number of benzene rings is 2. The van der Waals surface area contributed by atoms with Crippen LogP contribution in [0, 0.1) is 17.6 Å². The maximum Gasteiger partial charge on any atom is 0.267 e. The Kier molecular flexibility index (Phi) is 12.7. The number of alkyl halides is 4. The smallest absolute Gasteiger partial charge is 0.267 e. The van der Waals surface area contributed by atoms with Crippen molar-refractivity contribution in [3.05, 3.63) is 53.6 Å². The summed E-state index contributed by atoms with van der Waals surface area (Å²) >= 11 is 0. The van der Waals surface area contributed by atoms with E-state index in [9.17, 15) is 28.0 Å². The molecule has 4 unspecified atom stereocenters. The van der Waals surface area contributed by atoms with Gasteiger partial charge in [0.15, 0.2) is 5.82 Å². The predicted molar refractivity (Wildman–Crippen MR) is 208 cm³/mol. The lowest BCUT2D eigenvalue weighted by Gasteiger charge is -2.31. The third kappa shape index (κ3) is 9.35. The van der Waals surface area contributed by atoms with Crippen molar-refractivity contribution in [1.82, 2.24) is 45.6 Å². The van der Waals surface area contributed by atoms with Crippen molar-refractivity contribution in [3.63, 3.8) is 0 Å². The Balaban J connectivity index is 1.44. The number of carbonyl (C=O) groups is 4. The number of imidazole rings is 1. The number of carbonyl (C=O) groups excluding carboxylic acids is 4. The molecule has 5 N–H and O–H groups in total. The SMILES string of the molecule is CCC(NC(=O)CNC)C(=O)N1CC(F)(F)CC1Cn1c(-c2[nH]c3cc(F)ccc3c2CC2CC(F)(F)CN2C(=O)C(NC(=O)CNC)C(C)C)nc2cc(F)ccc21. The second-order valence-corrected chi connectivity index (χ2v) is 15.8. The summed E-state index contributed by atoms with van der Waals surface area (Å²) in [7, 11) is 3.09. The first kappa shape index (κ1) is 43.4. The van der Waals surface area contributed by atoms with Gasteiger partial charge in [0.05, 0.1) is 48.9 Å². The molecule has 2 aromatic heterocycles. The molecule has 0 saturated carbocycles. The predicted octanol–water partition coefficient (Wildman–Crippen LogP) is 3.95. The van der Waals surface area contributed by atoms with Gasteiger partial charge in [0.2, 0.25) is 23.6 Å². The van der Waals surface area contributed by atoms with Crippen LogP contribution < -0.4 is 21.3 Å². The number of rotatable bonds is 15. The van der Waals surface area contributed by atoms with Crippen molar-refractivity contribution in [1.29, 1.82) is 0 Å². The van der Waals surface area contributed by atoms with Gasteiger partial charge in [0, 0.05) is 42.4 Å². The zero-order chi connectivity index (χ0) is 43.0. The monoisotopic (exact) mass is 833 g/mol. The minimum atomic E-state index is -3.30. The van der Waals surface area contributed by atoms with Gasteiger partial charge in [-0.1, -0.05) is 20.8 Å². The van der Waals surface area contributed by atoms with Crippen LogP contribution in [-0.2, 0) is 32.1 Å². The van der Waals surface area contributed by atoms with Gasteiger partial charge in [-0.15, -0.1) is 0 Å². The summed E-state index contributed by atoms with van der Waals surface area (Å²) in [5.41, 5.74) is 1.19. The molecule has 19 heteroatoms. The first-order chi connectivity index (χ1) is 27.8. The van der Waals surface area contributed by atoms with E-state index in [1.807, 2.05) is 0 Å². The average molecular weight is 834 g/mol. The molecule has 320 valence electrons. The highest BCUT2D eigenvalue weighted by molar-refractivity contribution is 5.93. The number of likely N-dealkylation sites (N-methyl/N-ethyl adjacent to an activating group) is 2. The summed E-state index contributed by atoms with van der Waals surface area (Å²) in [6.07, 6.45) is -1.57. The van der Waals surface area contributed by atoms with Gasteiger partial charge in [0.25, 0.3) is 11.8 Å². The Morgan fingerprint density at radius 2 is 1.44 bits per heavy atom. The van der Waals surface area contributed by atoms with Crippen molar-refractivity contribution in [2.45, 2.75) is 89.0 Å². The fraction of sp³-hybridized carbons (Fsp3) is 0.525. The summed E-state index contributed by atoms with van der Waals surface area (Å²) in [5.74, 6) is -10.7. The Hall–Kier alpha value is -5.17. The lowest BCUT2D eigenvalue weighted by Crippen LogP contribution is -2.54. The molecule has 4 atom stereocenters. The quantitative estimate of drug-likeness (QED) is 0.114. The van der Waals surface area contributed by atoms with Crippen LogP contribution >= 0.6 is 0 Å². The van der Waals surface area contributed by atoms with E-state index in [0.29, 0.717) is 16.5 Å². The standard InChI is InChI=1S/C40H49F6N9O4/c1-6-28(49-32(56)16-47-4)37(58)55-20-40(45,46)15-25(55)18-53-31-10-8-23(42)12-30(31)51-36(53)35-27(26-9-7-22(41)11-29(26)50-35)13-24-14-39(43,44)19-54(24)38(59)34(21(2)3)52-33(57)17-48-5/h7-12,21,24-25,28,34,47-48,50H,6,13-20H2,1-5H3,(H,49,56)(H,52,57).